The molecule has 0 aliphatic carbocycles. The van der Waals surface area contributed by atoms with Gasteiger partial charge in [-0.15, -0.1) is 0 Å². The Balaban J connectivity index is 3.61. The van der Waals surface area contributed by atoms with E-state index in [1.807, 2.05) is 6.92 Å². The largest absolute Gasteiger partial charge is 0.478 e. The summed E-state index contributed by atoms with van der Waals surface area (Å²) in [5, 5.41) is 17.7. The molecular weight excluding hydrogens is 156 g/mol. The molecule has 0 fully saturated rings. The molecule has 0 amide bonds. The Bertz CT molecular complexity index is 163. The van der Waals surface area contributed by atoms with Crippen LogP contribution in [0, 0.1) is 0 Å². The van der Waals surface area contributed by atoms with E-state index in [1.165, 1.54) is 0 Å². The summed E-state index contributed by atoms with van der Waals surface area (Å²) < 4.78 is 0. The van der Waals surface area contributed by atoms with E-state index in [0.29, 0.717) is 6.42 Å². The molecule has 0 rings (SSSR count). The normalized spacial score (nSPS) is 12.5. The minimum Gasteiger partial charge on any atom is -0.478 e. The van der Waals surface area contributed by atoms with Gasteiger partial charge in [0.05, 0.1) is 6.10 Å². The zero-order valence-corrected chi connectivity index (χ0v) is 7.42. The van der Waals surface area contributed by atoms with Gasteiger partial charge in [-0.2, -0.15) is 0 Å². The van der Waals surface area contributed by atoms with Crippen LogP contribution in [0.5, 0.6) is 0 Å². The monoisotopic (exact) mass is 172 g/mol. The van der Waals surface area contributed by atoms with Gasteiger partial charge >= 0.3 is 5.97 Å². The van der Waals surface area contributed by atoms with Crippen LogP contribution in [0.3, 0.4) is 0 Å². The van der Waals surface area contributed by atoms with Crippen LogP contribution in [0.15, 0.2) is 12.2 Å². The van der Waals surface area contributed by atoms with Crippen molar-refractivity contribution in [2.45, 2.75) is 38.7 Å². The van der Waals surface area contributed by atoms with E-state index >= 15 is 0 Å². The third kappa shape index (κ3) is 4.91. The highest BCUT2D eigenvalue weighted by atomic mass is 16.4. The van der Waals surface area contributed by atoms with Crippen molar-refractivity contribution in [3.63, 3.8) is 0 Å². The molecular formula is C9H16O3. The number of unbranched alkanes of at least 4 members (excludes halogenated alkanes) is 1. The average molecular weight is 172 g/mol. The molecule has 0 spiro atoms. The van der Waals surface area contributed by atoms with Gasteiger partial charge in [0, 0.05) is 12.0 Å². The number of aliphatic hydroxyl groups excluding tert-OH is 1. The second kappa shape index (κ2) is 5.77. The van der Waals surface area contributed by atoms with Crippen molar-refractivity contribution in [1.29, 1.82) is 0 Å². The van der Waals surface area contributed by atoms with Crippen LogP contribution in [0.1, 0.15) is 32.6 Å². The molecule has 0 aromatic rings. The minimum atomic E-state index is -1.02. The highest BCUT2D eigenvalue weighted by Gasteiger charge is 2.10. The molecule has 3 heteroatoms. The number of aliphatic hydroxyl groups is 1. The summed E-state index contributed by atoms with van der Waals surface area (Å²) in [5.74, 6) is -1.02. The van der Waals surface area contributed by atoms with Gasteiger partial charge in [0.25, 0.3) is 0 Å². The van der Waals surface area contributed by atoms with Gasteiger partial charge in [-0.05, 0) is 6.42 Å². The molecule has 0 aliphatic heterocycles. The number of aliphatic carboxylic acids is 1. The number of carboxylic acid groups (broad SMARTS) is 1. The fourth-order valence-corrected chi connectivity index (χ4v) is 0.914. The summed E-state index contributed by atoms with van der Waals surface area (Å²) in [7, 11) is 0. The summed E-state index contributed by atoms with van der Waals surface area (Å²) in [6.45, 7) is 5.37. The Morgan fingerprint density at radius 1 is 1.58 bits per heavy atom. The quantitative estimate of drug-likeness (QED) is 0.598. The molecule has 12 heavy (non-hydrogen) atoms. The van der Waals surface area contributed by atoms with Crippen molar-refractivity contribution >= 4 is 5.97 Å². The molecule has 0 aromatic carbocycles. The summed E-state index contributed by atoms with van der Waals surface area (Å²) in [6.07, 6.45) is 2.22. The zero-order chi connectivity index (χ0) is 9.56. The maximum Gasteiger partial charge on any atom is 0.331 e. The molecule has 0 aromatic heterocycles. The number of hydrogen-bond acceptors (Lipinski definition) is 2. The van der Waals surface area contributed by atoms with Crippen molar-refractivity contribution < 1.29 is 15.0 Å². The van der Waals surface area contributed by atoms with Crippen LogP contribution in [0.25, 0.3) is 0 Å². The van der Waals surface area contributed by atoms with Gasteiger partial charge in [0.15, 0.2) is 0 Å². The molecule has 0 bridgehead atoms. The molecule has 70 valence electrons. The lowest BCUT2D eigenvalue weighted by atomic mass is 10.1. The first-order valence-electron chi connectivity index (χ1n) is 4.17. The van der Waals surface area contributed by atoms with E-state index in [-0.39, 0.29) is 12.0 Å². The topological polar surface area (TPSA) is 57.5 Å². The van der Waals surface area contributed by atoms with Gasteiger partial charge in [-0.25, -0.2) is 4.79 Å². The van der Waals surface area contributed by atoms with Crippen LogP contribution in [0.4, 0.5) is 0 Å². The van der Waals surface area contributed by atoms with Crippen molar-refractivity contribution in [3.8, 4) is 0 Å². The van der Waals surface area contributed by atoms with Crippen LogP contribution >= 0.6 is 0 Å². The maximum atomic E-state index is 10.3. The highest BCUT2D eigenvalue weighted by molar-refractivity contribution is 5.85. The Labute approximate surface area is 72.7 Å². The predicted octanol–water partition coefficient (Wildman–Crippen LogP) is 1.57. The third-order valence-corrected chi connectivity index (χ3v) is 1.68. The van der Waals surface area contributed by atoms with E-state index in [0.717, 1.165) is 12.8 Å². The summed E-state index contributed by atoms with van der Waals surface area (Å²) in [4.78, 5) is 10.3. The van der Waals surface area contributed by atoms with Gasteiger partial charge in [0.1, 0.15) is 0 Å². The van der Waals surface area contributed by atoms with E-state index < -0.39 is 12.1 Å². The van der Waals surface area contributed by atoms with Crippen LogP contribution in [-0.4, -0.2) is 22.3 Å². The van der Waals surface area contributed by atoms with Gasteiger partial charge in [0.2, 0.25) is 0 Å². The average Bonchev–Trinajstić information content (AvgIpc) is 2.00. The number of rotatable bonds is 6. The van der Waals surface area contributed by atoms with E-state index in [9.17, 15) is 9.90 Å². The first kappa shape index (κ1) is 11.2. The Kier molecular flexibility index (Phi) is 5.37. The summed E-state index contributed by atoms with van der Waals surface area (Å²) in [5.41, 5.74) is 0.0820. The summed E-state index contributed by atoms with van der Waals surface area (Å²) in [6, 6.07) is 0. The van der Waals surface area contributed by atoms with Gasteiger partial charge in [-0.3, -0.25) is 0 Å². The molecule has 1 atom stereocenters. The second-order valence-electron chi connectivity index (χ2n) is 2.91. The van der Waals surface area contributed by atoms with Crippen molar-refractivity contribution in [2.24, 2.45) is 0 Å². The first-order valence-corrected chi connectivity index (χ1v) is 4.17. The number of hydrogen-bond donors (Lipinski definition) is 2. The smallest absolute Gasteiger partial charge is 0.331 e. The van der Waals surface area contributed by atoms with Crippen LogP contribution in [0.2, 0.25) is 0 Å². The van der Waals surface area contributed by atoms with E-state index in [2.05, 4.69) is 6.58 Å². The minimum absolute atomic E-state index is 0.0820. The molecule has 0 aliphatic rings. The van der Waals surface area contributed by atoms with E-state index in [1.54, 1.807) is 0 Å². The van der Waals surface area contributed by atoms with Crippen molar-refractivity contribution in [2.75, 3.05) is 0 Å². The lowest BCUT2D eigenvalue weighted by Gasteiger charge is -2.08. The fraction of sp³-hybridized carbons (Fsp3) is 0.667. The van der Waals surface area contributed by atoms with Crippen molar-refractivity contribution in [3.05, 3.63) is 12.2 Å². The van der Waals surface area contributed by atoms with Gasteiger partial charge in [-0.1, -0.05) is 26.3 Å². The molecule has 0 saturated heterocycles. The Hall–Kier alpha value is -0.830. The molecule has 3 nitrogen and oxygen atoms in total. The molecule has 0 heterocycles. The van der Waals surface area contributed by atoms with Crippen LogP contribution in [-0.2, 0) is 4.79 Å². The van der Waals surface area contributed by atoms with Crippen molar-refractivity contribution in [1.82, 2.24) is 0 Å². The second-order valence-corrected chi connectivity index (χ2v) is 2.91. The first-order chi connectivity index (χ1) is 5.57. The molecule has 0 saturated carbocycles. The lowest BCUT2D eigenvalue weighted by molar-refractivity contribution is -0.133. The summed E-state index contributed by atoms with van der Waals surface area (Å²) >= 11 is 0. The standard InChI is InChI=1S/C9H16O3/c1-3-4-5-8(10)6-7(2)9(11)12/h8,10H,2-6H2,1H3,(H,11,12)/t8-/m0/s1. The maximum absolute atomic E-state index is 10.3. The molecule has 0 radical (unpaired) electrons. The number of carbonyl (C=O) groups is 1. The number of carboxylic acids is 1. The fourth-order valence-electron chi connectivity index (χ4n) is 0.914. The zero-order valence-electron chi connectivity index (χ0n) is 7.42. The highest BCUT2D eigenvalue weighted by Crippen LogP contribution is 2.09. The lowest BCUT2D eigenvalue weighted by Crippen LogP contribution is -2.11. The predicted molar refractivity (Wildman–Crippen MR) is 46.9 cm³/mol. The molecule has 0 unspecified atom stereocenters. The Morgan fingerprint density at radius 2 is 2.17 bits per heavy atom. The van der Waals surface area contributed by atoms with Crippen LogP contribution < -0.4 is 0 Å². The molecule has 2 N–H and O–H groups in total. The SMILES string of the molecule is C=C(C[C@@H](O)CCCC)C(=O)O. The third-order valence-electron chi connectivity index (χ3n) is 1.68. The van der Waals surface area contributed by atoms with E-state index in [4.69, 9.17) is 5.11 Å². The van der Waals surface area contributed by atoms with Gasteiger partial charge < -0.3 is 10.2 Å². The Morgan fingerprint density at radius 3 is 2.58 bits per heavy atom.